The molecule has 29 heavy (non-hydrogen) atoms. The first kappa shape index (κ1) is 19.4. The Kier molecular flexibility index (Phi) is 4.78. The summed E-state index contributed by atoms with van der Waals surface area (Å²) in [4.78, 5) is 3.80. The molecule has 0 N–H and O–H groups in total. The van der Waals surface area contributed by atoms with Gasteiger partial charge in [-0.3, -0.25) is 4.98 Å². The molecule has 1 unspecified atom stereocenters. The van der Waals surface area contributed by atoms with E-state index in [-0.39, 0.29) is 6.61 Å². The van der Waals surface area contributed by atoms with E-state index in [1.54, 1.807) is 0 Å². The van der Waals surface area contributed by atoms with Gasteiger partial charge in [0.25, 0.3) is 0 Å². The molecule has 150 valence electrons. The molecule has 3 nitrogen and oxygen atoms in total. The van der Waals surface area contributed by atoms with Crippen LogP contribution in [0.2, 0.25) is 0 Å². The van der Waals surface area contributed by atoms with E-state index in [0.717, 1.165) is 29.3 Å². The Morgan fingerprint density at radius 1 is 1.07 bits per heavy atom. The van der Waals surface area contributed by atoms with Crippen molar-refractivity contribution < 1.29 is 27.0 Å². The number of epoxide rings is 1. The Morgan fingerprint density at radius 2 is 1.79 bits per heavy atom. The lowest BCUT2D eigenvalue weighted by molar-refractivity contribution is -0.0902. The lowest BCUT2D eigenvalue weighted by Crippen LogP contribution is -2.34. The molecule has 1 saturated heterocycles. The van der Waals surface area contributed by atoms with E-state index in [1.807, 2.05) is 31.2 Å². The number of pyridine rings is 1. The minimum Gasteiger partial charge on any atom is -0.487 e. The van der Waals surface area contributed by atoms with E-state index in [1.165, 1.54) is 12.3 Å². The van der Waals surface area contributed by atoms with Gasteiger partial charge in [0.05, 0.1) is 12.8 Å². The summed E-state index contributed by atoms with van der Waals surface area (Å²) in [6.07, 6.45) is 1.19. The normalized spacial score (nSPS) is 18.5. The maximum absolute atomic E-state index is 15.1. The Bertz CT molecular complexity index is 1020. The molecule has 0 aliphatic carbocycles. The Balaban J connectivity index is 1.52. The fourth-order valence-corrected chi connectivity index (χ4v) is 3.10. The molecule has 0 amide bonds. The van der Waals surface area contributed by atoms with E-state index < -0.39 is 41.0 Å². The van der Waals surface area contributed by atoms with Crippen molar-refractivity contribution in [3.05, 3.63) is 94.8 Å². The smallest absolute Gasteiger partial charge is 0.324 e. The van der Waals surface area contributed by atoms with E-state index in [4.69, 9.17) is 9.47 Å². The summed E-state index contributed by atoms with van der Waals surface area (Å²) in [5, 5.41) is 0. The molecule has 7 heteroatoms. The largest absolute Gasteiger partial charge is 0.487 e. The zero-order valence-electron chi connectivity index (χ0n) is 15.5. The Morgan fingerprint density at radius 3 is 2.38 bits per heavy atom. The minimum atomic E-state index is -3.61. The third kappa shape index (κ3) is 3.58. The van der Waals surface area contributed by atoms with Crippen molar-refractivity contribution in [2.45, 2.75) is 25.1 Å². The van der Waals surface area contributed by atoms with E-state index in [9.17, 15) is 8.78 Å². The number of aryl methyl sites for hydroxylation is 1. The maximum Gasteiger partial charge on any atom is 0.324 e. The third-order valence-corrected chi connectivity index (χ3v) is 4.89. The minimum absolute atomic E-state index is 0.269. The number of alkyl halides is 2. The van der Waals surface area contributed by atoms with E-state index in [0.29, 0.717) is 11.8 Å². The second-order valence-electron chi connectivity index (χ2n) is 6.97. The Hall–Kier alpha value is -2.93. The molecule has 0 saturated carbocycles. The number of rotatable bonds is 6. The Labute approximate surface area is 164 Å². The molecule has 1 aromatic heterocycles. The molecule has 0 bridgehead atoms. The molecule has 1 aliphatic heterocycles. The quantitative estimate of drug-likeness (QED) is 0.416. The van der Waals surface area contributed by atoms with Gasteiger partial charge in [-0.05, 0) is 36.8 Å². The average Bonchev–Trinajstić information content (AvgIpc) is 3.50. The highest BCUT2D eigenvalue weighted by atomic mass is 19.3. The highest BCUT2D eigenvalue weighted by Gasteiger charge is 2.68. The van der Waals surface area contributed by atoms with Gasteiger partial charge in [-0.25, -0.2) is 8.78 Å². The molecule has 2 heterocycles. The fraction of sp³-hybridized carbons (Fsp3) is 0.227. The van der Waals surface area contributed by atoms with Crippen LogP contribution in [-0.2, 0) is 22.9 Å². The highest BCUT2D eigenvalue weighted by Crippen LogP contribution is 2.56. The molecule has 0 spiro atoms. The van der Waals surface area contributed by atoms with Crippen LogP contribution >= 0.6 is 0 Å². The van der Waals surface area contributed by atoms with Gasteiger partial charge in [0.2, 0.25) is 0 Å². The second kappa shape index (κ2) is 7.15. The number of aromatic nitrogens is 1. The van der Waals surface area contributed by atoms with Crippen molar-refractivity contribution in [2.75, 3.05) is 6.61 Å². The number of benzene rings is 2. The number of hydrogen-bond donors (Lipinski definition) is 0. The first-order valence-corrected chi connectivity index (χ1v) is 8.94. The third-order valence-electron chi connectivity index (χ3n) is 4.89. The first-order valence-electron chi connectivity index (χ1n) is 8.94. The van der Waals surface area contributed by atoms with Crippen LogP contribution in [0.4, 0.5) is 17.6 Å². The molecule has 1 aliphatic rings. The van der Waals surface area contributed by atoms with Gasteiger partial charge in [-0.1, -0.05) is 29.8 Å². The number of ether oxygens (including phenoxy) is 2. The predicted molar refractivity (Wildman–Crippen MR) is 97.6 cm³/mol. The van der Waals surface area contributed by atoms with Crippen LogP contribution in [0, 0.1) is 18.6 Å². The van der Waals surface area contributed by atoms with Crippen LogP contribution in [-0.4, -0.2) is 11.6 Å². The maximum atomic E-state index is 15.1. The molecule has 4 rings (SSSR count). The second-order valence-corrected chi connectivity index (χ2v) is 6.97. The molecule has 2 aromatic carbocycles. The van der Waals surface area contributed by atoms with Gasteiger partial charge < -0.3 is 9.47 Å². The van der Waals surface area contributed by atoms with Gasteiger partial charge in [0.1, 0.15) is 29.7 Å². The summed E-state index contributed by atoms with van der Waals surface area (Å²) >= 11 is 0. The highest BCUT2D eigenvalue weighted by molar-refractivity contribution is 5.36. The van der Waals surface area contributed by atoms with Crippen molar-refractivity contribution in [3.8, 4) is 5.75 Å². The number of halogens is 4. The van der Waals surface area contributed by atoms with Crippen molar-refractivity contribution in [1.29, 1.82) is 0 Å². The van der Waals surface area contributed by atoms with Crippen LogP contribution in [0.15, 0.2) is 60.8 Å². The van der Waals surface area contributed by atoms with E-state index in [2.05, 4.69) is 4.98 Å². The predicted octanol–water partition coefficient (Wildman–Crippen LogP) is 5.26. The summed E-state index contributed by atoms with van der Waals surface area (Å²) in [6, 6.07) is 12.7. The van der Waals surface area contributed by atoms with Crippen molar-refractivity contribution in [3.63, 3.8) is 0 Å². The molecular weight excluding hydrogens is 386 g/mol. The molecule has 1 atom stereocenters. The van der Waals surface area contributed by atoms with Crippen molar-refractivity contribution in [2.24, 2.45) is 0 Å². The van der Waals surface area contributed by atoms with Gasteiger partial charge >= 0.3 is 5.92 Å². The van der Waals surface area contributed by atoms with Crippen LogP contribution in [0.5, 0.6) is 5.75 Å². The summed E-state index contributed by atoms with van der Waals surface area (Å²) in [7, 11) is 0. The molecule has 3 aromatic rings. The number of hydrogen-bond acceptors (Lipinski definition) is 3. The average molecular weight is 403 g/mol. The van der Waals surface area contributed by atoms with Crippen LogP contribution < -0.4 is 4.74 Å². The fourth-order valence-electron chi connectivity index (χ4n) is 3.10. The number of nitrogens with zero attached hydrogens (tertiary/aromatic N) is 1. The zero-order chi connectivity index (χ0) is 20.6. The van der Waals surface area contributed by atoms with Crippen molar-refractivity contribution >= 4 is 0 Å². The van der Waals surface area contributed by atoms with Crippen molar-refractivity contribution in [1.82, 2.24) is 4.98 Å². The molecule has 0 radical (unpaired) electrons. The topological polar surface area (TPSA) is 34.6 Å². The molecular formula is C22H17F4NO2. The van der Waals surface area contributed by atoms with Crippen LogP contribution in [0.3, 0.4) is 0 Å². The first-order chi connectivity index (χ1) is 13.8. The van der Waals surface area contributed by atoms with Gasteiger partial charge in [0.15, 0.2) is 5.60 Å². The van der Waals surface area contributed by atoms with Gasteiger partial charge in [0, 0.05) is 11.6 Å². The standard InChI is InChI=1S/C22H17F4NO2/c1-14-2-4-15(5-3-14)12-28-17-7-9-20(27-11-17)22(25,26)21(13-29-21)18-8-6-16(23)10-19(18)24/h2-11H,12-13H2,1H3. The van der Waals surface area contributed by atoms with Crippen LogP contribution in [0.1, 0.15) is 22.4 Å². The SMILES string of the molecule is Cc1ccc(COc2ccc(C(F)(F)C3(c4ccc(F)cc4F)CO3)nc2)cc1. The lowest BCUT2D eigenvalue weighted by atomic mass is 9.90. The zero-order valence-corrected chi connectivity index (χ0v) is 15.5. The van der Waals surface area contributed by atoms with Gasteiger partial charge in [-0.2, -0.15) is 8.78 Å². The molecule has 1 fully saturated rings. The van der Waals surface area contributed by atoms with Crippen LogP contribution in [0.25, 0.3) is 0 Å². The summed E-state index contributed by atoms with van der Waals surface area (Å²) in [6.45, 7) is 1.85. The monoisotopic (exact) mass is 403 g/mol. The summed E-state index contributed by atoms with van der Waals surface area (Å²) in [5.41, 5.74) is -1.12. The summed E-state index contributed by atoms with van der Waals surface area (Å²) in [5.74, 6) is -5.22. The lowest BCUT2D eigenvalue weighted by Gasteiger charge is -2.24. The van der Waals surface area contributed by atoms with Gasteiger partial charge in [-0.15, -0.1) is 0 Å². The summed E-state index contributed by atoms with van der Waals surface area (Å²) < 4.78 is 68.0. The van der Waals surface area contributed by atoms with E-state index >= 15 is 8.78 Å².